The largest absolute Gasteiger partial charge is 0.465 e. The summed E-state index contributed by atoms with van der Waals surface area (Å²) < 4.78 is 19.8. The van der Waals surface area contributed by atoms with E-state index in [9.17, 15) is 14.0 Å². The number of esters is 1. The Balaban J connectivity index is 2.40. The van der Waals surface area contributed by atoms with Gasteiger partial charge in [0.25, 0.3) is 0 Å². The van der Waals surface area contributed by atoms with E-state index in [1.807, 2.05) is 0 Å². The van der Waals surface area contributed by atoms with Crippen LogP contribution in [0.5, 0.6) is 0 Å². The van der Waals surface area contributed by atoms with Crippen molar-refractivity contribution < 1.29 is 13.9 Å². The molecule has 0 bridgehead atoms. The highest BCUT2D eigenvalue weighted by atomic mass is 35.5. The van der Waals surface area contributed by atoms with Crippen molar-refractivity contribution in [2.45, 2.75) is 18.9 Å². The number of methoxy groups -OCH3 is 1. The standard InChI is InChI=1S/C13H10ClFN2O3/c1-20-13(19)8-5-17(6-2-3-6)12-7(10(8)18)4-9(15)11(14)16-12/h4-6H,2-3H2,1H3. The fraction of sp³-hybridized carbons (Fsp3) is 0.308. The van der Waals surface area contributed by atoms with Gasteiger partial charge in [-0.2, -0.15) is 0 Å². The van der Waals surface area contributed by atoms with Crippen LogP contribution in [0.1, 0.15) is 29.2 Å². The second kappa shape index (κ2) is 4.56. The molecule has 1 saturated carbocycles. The van der Waals surface area contributed by atoms with Gasteiger partial charge in [0.15, 0.2) is 11.0 Å². The quantitative estimate of drug-likeness (QED) is 0.630. The van der Waals surface area contributed by atoms with Gasteiger partial charge in [-0.15, -0.1) is 0 Å². The van der Waals surface area contributed by atoms with E-state index in [1.54, 1.807) is 4.57 Å². The normalized spacial score (nSPS) is 14.6. The van der Waals surface area contributed by atoms with Crippen molar-refractivity contribution in [2.24, 2.45) is 0 Å². The summed E-state index contributed by atoms with van der Waals surface area (Å²) >= 11 is 5.67. The van der Waals surface area contributed by atoms with Gasteiger partial charge in [-0.25, -0.2) is 14.2 Å². The van der Waals surface area contributed by atoms with Crippen LogP contribution in [0.15, 0.2) is 17.1 Å². The lowest BCUT2D eigenvalue weighted by Gasteiger charge is -2.11. The summed E-state index contributed by atoms with van der Waals surface area (Å²) in [5.74, 6) is -1.54. The second-order valence-electron chi connectivity index (χ2n) is 4.63. The first-order valence-corrected chi connectivity index (χ1v) is 6.40. The second-order valence-corrected chi connectivity index (χ2v) is 4.99. The van der Waals surface area contributed by atoms with E-state index in [1.165, 1.54) is 13.3 Å². The van der Waals surface area contributed by atoms with Crippen LogP contribution in [-0.4, -0.2) is 22.6 Å². The van der Waals surface area contributed by atoms with Crippen molar-refractivity contribution in [1.82, 2.24) is 9.55 Å². The predicted octanol–water partition coefficient (Wildman–Crippen LogP) is 2.31. The Labute approximate surface area is 117 Å². The number of pyridine rings is 2. The molecule has 2 aromatic heterocycles. The van der Waals surface area contributed by atoms with Crippen molar-refractivity contribution in [3.63, 3.8) is 0 Å². The lowest BCUT2D eigenvalue weighted by atomic mass is 10.2. The molecule has 104 valence electrons. The monoisotopic (exact) mass is 296 g/mol. The summed E-state index contributed by atoms with van der Waals surface area (Å²) in [5, 5.41) is -0.265. The third-order valence-electron chi connectivity index (χ3n) is 3.26. The molecule has 0 atom stereocenters. The highest BCUT2D eigenvalue weighted by Gasteiger charge is 2.28. The van der Waals surface area contributed by atoms with Gasteiger partial charge in [0.1, 0.15) is 11.2 Å². The first-order chi connectivity index (χ1) is 9.52. The molecule has 2 heterocycles. The van der Waals surface area contributed by atoms with Crippen molar-refractivity contribution >= 4 is 28.6 Å². The maximum atomic E-state index is 13.5. The van der Waals surface area contributed by atoms with E-state index in [4.69, 9.17) is 11.6 Å². The Morgan fingerprint density at radius 3 is 2.85 bits per heavy atom. The molecule has 1 aliphatic carbocycles. The number of nitrogens with zero attached hydrogens (tertiary/aromatic N) is 2. The summed E-state index contributed by atoms with van der Waals surface area (Å²) in [5.41, 5.74) is -0.446. The van der Waals surface area contributed by atoms with Crippen LogP contribution < -0.4 is 5.43 Å². The van der Waals surface area contributed by atoms with Gasteiger partial charge >= 0.3 is 5.97 Å². The van der Waals surface area contributed by atoms with Gasteiger partial charge in [0, 0.05) is 12.2 Å². The van der Waals surface area contributed by atoms with Crippen molar-refractivity contribution in [1.29, 1.82) is 0 Å². The molecule has 0 aliphatic heterocycles. The van der Waals surface area contributed by atoms with Crippen molar-refractivity contribution in [3.8, 4) is 0 Å². The van der Waals surface area contributed by atoms with Crippen LogP contribution in [-0.2, 0) is 4.74 Å². The third-order valence-corrected chi connectivity index (χ3v) is 3.53. The molecule has 3 rings (SSSR count). The van der Waals surface area contributed by atoms with Gasteiger partial charge in [-0.3, -0.25) is 4.79 Å². The van der Waals surface area contributed by atoms with Crippen LogP contribution in [0, 0.1) is 5.82 Å². The first-order valence-electron chi connectivity index (χ1n) is 6.02. The third kappa shape index (κ3) is 1.96. The molecule has 0 N–H and O–H groups in total. The number of ether oxygens (including phenoxy) is 1. The molecular formula is C13H10ClFN2O3. The number of aromatic nitrogens is 2. The molecule has 7 heteroatoms. The summed E-state index contributed by atoms with van der Waals surface area (Å²) in [6.45, 7) is 0. The maximum absolute atomic E-state index is 13.5. The molecule has 1 fully saturated rings. The molecule has 0 unspecified atom stereocenters. The number of hydrogen-bond donors (Lipinski definition) is 0. The van der Waals surface area contributed by atoms with E-state index in [2.05, 4.69) is 9.72 Å². The molecule has 5 nitrogen and oxygen atoms in total. The fourth-order valence-electron chi connectivity index (χ4n) is 2.11. The van der Waals surface area contributed by atoms with Gasteiger partial charge < -0.3 is 9.30 Å². The van der Waals surface area contributed by atoms with Crippen LogP contribution in [0.2, 0.25) is 5.15 Å². The van der Waals surface area contributed by atoms with Crippen molar-refractivity contribution in [2.75, 3.05) is 7.11 Å². The zero-order chi connectivity index (χ0) is 14.4. The van der Waals surface area contributed by atoms with Crippen LogP contribution in [0.3, 0.4) is 0 Å². The Hall–Kier alpha value is -1.95. The van der Waals surface area contributed by atoms with Crippen LogP contribution in [0.4, 0.5) is 4.39 Å². The molecule has 0 radical (unpaired) electrons. The van der Waals surface area contributed by atoms with E-state index < -0.39 is 17.2 Å². The number of carbonyl (C=O) groups excluding carboxylic acids is 1. The fourth-order valence-corrected chi connectivity index (χ4v) is 2.25. The number of rotatable bonds is 2. The van der Waals surface area contributed by atoms with Gasteiger partial charge in [-0.1, -0.05) is 11.6 Å². The highest BCUT2D eigenvalue weighted by molar-refractivity contribution is 6.29. The lowest BCUT2D eigenvalue weighted by molar-refractivity contribution is 0.0598. The molecule has 0 saturated heterocycles. The summed E-state index contributed by atoms with van der Waals surface area (Å²) in [7, 11) is 1.19. The Bertz CT molecular complexity index is 783. The summed E-state index contributed by atoms with van der Waals surface area (Å²) in [6, 6.07) is 1.16. The van der Waals surface area contributed by atoms with Crippen molar-refractivity contribution in [3.05, 3.63) is 39.0 Å². The summed E-state index contributed by atoms with van der Waals surface area (Å²) in [4.78, 5) is 27.8. The SMILES string of the molecule is COC(=O)c1cn(C2CC2)c2nc(Cl)c(F)cc2c1=O. The minimum atomic E-state index is -0.791. The molecule has 0 aromatic carbocycles. The topological polar surface area (TPSA) is 61.2 Å². The number of fused-ring (bicyclic) bond motifs is 1. The number of hydrogen-bond acceptors (Lipinski definition) is 4. The molecule has 0 amide bonds. The molecule has 0 spiro atoms. The predicted molar refractivity (Wildman–Crippen MR) is 70.6 cm³/mol. The van der Waals surface area contributed by atoms with E-state index in [-0.39, 0.29) is 27.8 Å². The van der Waals surface area contributed by atoms with E-state index >= 15 is 0 Å². The van der Waals surface area contributed by atoms with Gasteiger partial charge in [0.2, 0.25) is 5.43 Å². The maximum Gasteiger partial charge on any atom is 0.343 e. The van der Waals surface area contributed by atoms with Crippen LogP contribution >= 0.6 is 11.6 Å². The Morgan fingerprint density at radius 2 is 2.25 bits per heavy atom. The highest BCUT2D eigenvalue weighted by Crippen LogP contribution is 2.36. The van der Waals surface area contributed by atoms with Gasteiger partial charge in [-0.05, 0) is 18.9 Å². The van der Waals surface area contributed by atoms with Gasteiger partial charge in [0.05, 0.1) is 12.5 Å². The van der Waals surface area contributed by atoms with Crippen LogP contribution in [0.25, 0.3) is 11.0 Å². The molecule has 1 aliphatic rings. The zero-order valence-corrected chi connectivity index (χ0v) is 11.3. The number of halogens is 2. The van der Waals surface area contributed by atoms with E-state index in [0.717, 1.165) is 18.9 Å². The molecular weight excluding hydrogens is 287 g/mol. The first kappa shape index (κ1) is 13.1. The summed E-state index contributed by atoms with van der Waals surface area (Å²) in [6.07, 6.45) is 3.24. The number of carbonyl (C=O) groups is 1. The Morgan fingerprint density at radius 1 is 1.55 bits per heavy atom. The molecule has 20 heavy (non-hydrogen) atoms. The minimum Gasteiger partial charge on any atom is -0.465 e. The lowest BCUT2D eigenvalue weighted by Crippen LogP contribution is -2.20. The average Bonchev–Trinajstić information content (AvgIpc) is 3.25. The minimum absolute atomic E-state index is 0.0294. The van der Waals surface area contributed by atoms with E-state index in [0.29, 0.717) is 0 Å². The molecule has 2 aromatic rings. The zero-order valence-electron chi connectivity index (χ0n) is 10.5. The smallest absolute Gasteiger partial charge is 0.343 e. The average molecular weight is 297 g/mol. The Kier molecular flexibility index (Phi) is 2.97.